The molecule has 4 aliphatic rings. The minimum absolute atomic E-state index is 0.131. The van der Waals surface area contributed by atoms with Crippen LogP contribution in [0.25, 0.3) is 0 Å². The quantitative estimate of drug-likeness (QED) is 0.741. The number of fused-ring (bicyclic) bond motifs is 3. The zero-order valence-corrected chi connectivity index (χ0v) is 13.2. The van der Waals surface area contributed by atoms with Gasteiger partial charge >= 0.3 is 0 Å². The van der Waals surface area contributed by atoms with Crippen LogP contribution in [0.15, 0.2) is 0 Å². The standard InChI is InChI=1S/C14H26N4O2S/c15-11-3-9-7-17(8-10(9)4-11)21(19,20)18-13-1-2-14(18)6-12(16)5-13/h9-14H,1-8,15-16H2/t9-,10+,11?,12?,13-,14+. The van der Waals surface area contributed by atoms with E-state index in [9.17, 15) is 8.42 Å². The highest BCUT2D eigenvalue weighted by Gasteiger charge is 2.51. The summed E-state index contributed by atoms with van der Waals surface area (Å²) >= 11 is 0. The fourth-order valence-corrected chi connectivity index (χ4v) is 7.34. The van der Waals surface area contributed by atoms with Crippen LogP contribution in [0.2, 0.25) is 0 Å². The van der Waals surface area contributed by atoms with Gasteiger partial charge in [-0.25, -0.2) is 0 Å². The van der Waals surface area contributed by atoms with Crippen molar-refractivity contribution in [1.29, 1.82) is 0 Å². The number of hydrogen-bond acceptors (Lipinski definition) is 4. The molecule has 0 aromatic carbocycles. The van der Waals surface area contributed by atoms with Crippen LogP contribution in [0.3, 0.4) is 0 Å². The van der Waals surface area contributed by atoms with E-state index in [0.29, 0.717) is 24.9 Å². The van der Waals surface area contributed by atoms with Gasteiger partial charge in [0.05, 0.1) is 0 Å². The monoisotopic (exact) mass is 314 g/mol. The minimum atomic E-state index is -3.31. The van der Waals surface area contributed by atoms with Crippen molar-refractivity contribution in [2.45, 2.75) is 62.7 Å². The highest BCUT2D eigenvalue weighted by molar-refractivity contribution is 7.86. The summed E-state index contributed by atoms with van der Waals surface area (Å²) in [5.74, 6) is 0.943. The van der Waals surface area contributed by atoms with E-state index in [1.54, 1.807) is 8.61 Å². The minimum Gasteiger partial charge on any atom is -0.328 e. The van der Waals surface area contributed by atoms with Gasteiger partial charge in [0.15, 0.2) is 0 Å². The SMILES string of the molecule is NC1C[C@@H]2CN(S(=O)(=O)N3[C@@H]4CC[C@H]3CC(N)C4)C[C@@H]2C1. The molecule has 21 heavy (non-hydrogen) atoms. The first kappa shape index (κ1) is 14.4. The zero-order valence-electron chi connectivity index (χ0n) is 12.4. The van der Waals surface area contributed by atoms with Crippen LogP contribution in [-0.4, -0.2) is 54.3 Å². The Morgan fingerprint density at radius 3 is 1.81 bits per heavy atom. The lowest BCUT2D eigenvalue weighted by Gasteiger charge is -2.38. The number of piperidine rings is 1. The van der Waals surface area contributed by atoms with Gasteiger partial charge in [-0.2, -0.15) is 17.0 Å². The van der Waals surface area contributed by atoms with Crippen LogP contribution in [0.1, 0.15) is 38.5 Å². The number of nitrogens with zero attached hydrogens (tertiary/aromatic N) is 2. The summed E-state index contributed by atoms with van der Waals surface area (Å²) in [6.45, 7) is 1.34. The topological polar surface area (TPSA) is 92.7 Å². The largest absolute Gasteiger partial charge is 0.328 e. The predicted molar refractivity (Wildman–Crippen MR) is 80.5 cm³/mol. The molecular formula is C14H26N4O2S. The van der Waals surface area contributed by atoms with Gasteiger partial charge in [0.25, 0.3) is 10.2 Å². The summed E-state index contributed by atoms with van der Waals surface area (Å²) in [5.41, 5.74) is 12.1. The molecule has 1 saturated carbocycles. The van der Waals surface area contributed by atoms with E-state index in [4.69, 9.17) is 11.5 Å². The molecule has 2 unspecified atom stereocenters. The van der Waals surface area contributed by atoms with Crippen LogP contribution >= 0.6 is 0 Å². The number of nitrogens with two attached hydrogens (primary N) is 2. The molecule has 0 amide bonds. The second-order valence-corrected chi connectivity index (χ2v) is 9.36. The maximum absolute atomic E-state index is 13.0. The number of hydrogen-bond donors (Lipinski definition) is 2. The molecule has 1 aliphatic carbocycles. The van der Waals surface area contributed by atoms with Crippen molar-refractivity contribution < 1.29 is 8.42 Å². The fraction of sp³-hybridized carbons (Fsp3) is 1.00. The van der Waals surface area contributed by atoms with Gasteiger partial charge in [-0.15, -0.1) is 0 Å². The highest BCUT2D eigenvalue weighted by Crippen LogP contribution is 2.42. The molecule has 4 rings (SSSR count). The van der Waals surface area contributed by atoms with Crippen molar-refractivity contribution in [1.82, 2.24) is 8.61 Å². The maximum Gasteiger partial charge on any atom is 0.282 e. The predicted octanol–water partition coefficient (Wildman–Crippen LogP) is -0.146. The third-order valence-electron chi connectivity index (χ3n) is 6.05. The van der Waals surface area contributed by atoms with Crippen LogP contribution in [0.5, 0.6) is 0 Å². The molecule has 3 aliphatic heterocycles. The van der Waals surface area contributed by atoms with Crippen molar-refractivity contribution >= 4 is 10.2 Å². The van der Waals surface area contributed by atoms with E-state index in [-0.39, 0.29) is 24.2 Å². The first-order valence-electron chi connectivity index (χ1n) is 8.25. The molecule has 3 saturated heterocycles. The summed E-state index contributed by atoms with van der Waals surface area (Å²) < 4.78 is 29.6. The summed E-state index contributed by atoms with van der Waals surface area (Å²) in [7, 11) is -3.31. The summed E-state index contributed by atoms with van der Waals surface area (Å²) in [6.07, 6.45) is 5.55. The van der Waals surface area contributed by atoms with E-state index in [1.165, 1.54) is 0 Å². The normalized spacial score (nSPS) is 47.9. The van der Waals surface area contributed by atoms with Crippen LogP contribution in [-0.2, 0) is 10.2 Å². The molecule has 4 N–H and O–H groups in total. The molecule has 0 aromatic heterocycles. The first-order chi connectivity index (χ1) is 9.95. The van der Waals surface area contributed by atoms with E-state index >= 15 is 0 Å². The second-order valence-electron chi connectivity index (χ2n) is 7.52. The van der Waals surface area contributed by atoms with Crippen LogP contribution in [0.4, 0.5) is 0 Å². The molecule has 2 bridgehead atoms. The first-order valence-corrected chi connectivity index (χ1v) is 9.64. The van der Waals surface area contributed by atoms with Gasteiger partial charge in [-0.3, -0.25) is 0 Å². The zero-order chi connectivity index (χ0) is 14.8. The average Bonchev–Trinajstić information content (AvgIpc) is 3.00. The lowest BCUT2D eigenvalue weighted by Crippen LogP contribution is -2.54. The molecule has 6 nitrogen and oxygen atoms in total. The Balaban J connectivity index is 1.53. The van der Waals surface area contributed by atoms with Gasteiger partial charge < -0.3 is 11.5 Å². The molecule has 120 valence electrons. The Labute approximate surface area is 127 Å². The molecule has 0 radical (unpaired) electrons. The smallest absolute Gasteiger partial charge is 0.282 e. The summed E-state index contributed by atoms with van der Waals surface area (Å²) in [5, 5.41) is 0. The van der Waals surface area contributed by atoms with Crippen molar-refractivity contribution in [2.24, 2.45) is 23.3 Å². The van der Waals surface area contributed by atoms with E-state index < -0.39 is 10.2 Å². The molecule has 0 spiro atoms. The lowest BCUT2D eigenvalue weighted by atomic mass is 10.0. The molecule has 0 aromatic rings. The molecule has 4 fully saturated rings. The fourth-order valence-electron chi connectivity index (χ4n) is 5.18. The molecule has 6 atom stereocenters. The average molecular weight is 314 g/mol. The van der Waals surface area contributed by atoms with E-state index in [1.807, 2.05) is 0 Å². The molecular weight excluding hydrogens is 288 g/mol. The highest BCUT2D eigenvalue weighted by atomic mass is 32.2. The Morgan fingerprint density at radius 1 is 0.810 bits per heavy atom. The van der Waals surface area contributed by atoms with Gasteiger partial charge in [-0.05, 0) is 50.4 Å². The Kier molecular flexibility index (Phi) is 3.35. The number of rotatable bonds is 2. The summed E-state index contributed by atoms with van der Waals surface area (Å²) in [6, 6.07) is 0.705. The van der Waals surface area contributed by atoms with Gasteiger partial charge in [0, 0.05) is 37.3 Å². The van der Waals surface area contributed by atoms with Crippen LogP contribution < -0.4 is 11.5 Å². The van der Waals surface area contributed by atoms with Crippen molar-refractivity contribution in [2.75, 3.05) is 13.1 Å². The Morgan fingerprint density at radius 2 is 1.29 bits per heavy atom. The van der Waals surface area contributed by atoms with Crippen LogP contribution in [0, 0.1) is 11.8 Å². The van der Waals surface area contributed by atoms with Crippen molar-refractivity contribution in [3.8, 4) is 0 Å². The van der Waals surface area contributed by atoms with Gasteiger partial charge in [0.1, 0.15) is 0 Å². The van der Waals surface area contributed by atoms with Crippen molar-refractivity contribution in [3.05, 3.63) is 0 Å². The third kappa shape index (κ3) is 2.25. The molecule has 3 heterocycles. The maximum atomic E-state index is 13.0. The van der Waals surface area contributed by atoms with E-state index in [0.717, 1.165) is 38.5 Å². The van der Waals surface area contributed by atoms with Gasteiger partial charge in [0.2, 0.25) is 0 Å². The second kappa shape index (κ2) is 4.89. The van der Waals surface area contributed by atoms with Crippen molar-refractivity contribution in [3.63, 3.8) is 0 Å². The summed E-state index contributed by atoms with van der Waals surface area (Å²) in [4.78, 5) is 0. The van der Waals surface area contributed by atoms with Gasteiger partial charge in [-0.1, -0.05) is 0 Å². The molecule has 7 heteroatoms. The third-order valence-corrected chi connectivity index (χ3v) is 8.13. The van der Waals surface area contributed by atoms with E-state index in [2.05, 4.69) is 0 Å². The Bertz CT molecular complexity index is 497. The lowest BCUT2D eigenvalue weighted by molar-refractivity contribution is 0.212. The Hall–Kier alpha value is -0.210.